The topological polar surface area (TPSA) is 84.1 Å². The molecule has 0 fully saturated rings. The van der Waals surface area contributed by atoms with Crippen molar-refractivity contribution in [3.05, 3.63) is 35.7 Å². The predicted octanol–water partition coefficient (Wildman–Crippen LogP) is 2.23. The summed E-state index contributed by atoms with van der Waals surface area (Å²) in [6, 6.07) is 7.08. The molecule has 0 radical (unpaired) electrons. The SMILES string of the molecule is Cc1nc(-c2ccccc2O)nc(C)c1NCCCN. The van der Waals surface area contributed by atoms with Crippen LogP contribution in [0.25, 0.3) is 11.4 Å². The molecule has 5 heteroatoms. The van der Waals surface area contributed by atoms with Crippen molar-refractivity contribution < 1.29 is 5.11 Å². The van der Waals surface area contributed by atoms with Gasteiger partial charge in [-0.25, -0.2) is 9.97 Å². The molecule has 0 aliphatic rings. The van der Waals surface area contributed by atoms with Gasteiger partial charge >= 0.3 is 0 Å². The summed E-state index contributed by atoms with van der Waals surface area (Å²) in [6.07, 6.45) is 0.903. The molecule has 4 N–H and O–H groups in total. The van der Waals surface area contributed by atoms with Crippen molar-refractivity contribution in [1.29, 1.82) is 0 Å². The Balaban J connectivity index is 2.33. The zero-order valence-corrected chi connectivity index (χ0v) is 11.8. The smallest absolute Gasteiger partial charge is 0.163 e. The Kier molecular flexibility index (Phi) is 4.53. The summed E-state index contributed by atoms with van der Waals surface area (Å²) in [5.74, 6) is 0.734. The normalized spacial score (nSPS) is 10.6. The van der Waals surface area contributed by atoms with E-state index in [9.17, 15) is 5.11 Å². The van der Waals surface area contributed by atoms with Crippen LogP contribution in [0, 0.1) is 13.8 Å². The Morgan fingerprint density at radius 2 is 1.80 bits per heavy atom. The van der Waals surface area contributed by atoms with Gasteiger partial charge < -0.3 is 16.2 Å². The maximum absolute atomic E-state index is 9.88. The fourth-order valence-corrected chi connectivity index (χ4v) is 2.07. The van der Waals surface area contributed by atoms with E-state index < -0.39 is 0 Å². The van der Waals surface area contributed by atoms with E-state index in [0.29, 0.717) is 17.9 Å². The molecule has 1 aromatic carbocycles. The Hall–Kier alpha value is -2.14. The van der Waals surface area contributed by atoms with Crippen molar-refractivity contribution in [2.45, 2.75) is 20.3 Å². The number of aryl methyl sites for hydroxylation is 2. The van der Waals surface area contributed by atoms with Crippen molar-refractivity contribution in [2.75, 3.05) is 18.4 Å². The number of nitrogens with one attached hydrogen (secondary N) is 1. The number of hydrogen-bond donors (Lipinski definition) is 3. The number of nitrogens with two attached hydrogens (primary N) is 1. The highest BCUT2D eigenvalue weighted by molar-refractivity contribution is 5.66. The lowest BCUT2D eigenvalue weighted by molar-refractivity contribution is 0.477. The Labute approximate surface area is 118 Å². The van der Waals surface area contributed by atoms with Crippen molar-refractivity contribution in [3.63, 3.8) is 0 Å². The standard InChI is InChI=1S/C15H20N4O/c1-10-14(17-9-5-8-16)11(2)19-15(18-10)12-6-3-4-7-13(12)20/h3-4,6-7,17,20H,5,8-9,16H2,1-2H3. The van der Waals surface area contributed by atoms with Gasteiger partial charge in [-0.3, -0.25) is 0 Å². The van der Waals surface area contributed by atoms with Crippen molar-refractivity contribution in [3.8, 4) is 17.1 Å². The summed E-state index contributed by atoms with van der Waals surface area (Å²) in [7, 11) is 0. The van der Waals surface area contributed by atoms with Crippen LogP contribution in [0.3, 0.4) is 0 Å². The maximum atomic E-state index is 9.88. The monoisotopic (exact) mass is 272 g/mol. The van der Waals surface area contributed by atoms with Crippen LogP contribution >= 0.6 is 0 Å². The van der Waals surface area contributed by atoms with Crippen molar-refractivity contribution in [2.24, 2.45) is 5.73 Å². The first-order valence-corrected chi connectivity index (χ1v) is 6.71. The average molecular weight is 272 g/mol. The van der Waals surface area contributed by atoms with E-state index in [2.05, 4.69) is 15.3 Å². The molecule has 0 saturated heterocycles. The van der Waals surface area contributed by atoms with Crippen LogP contribution in [-0.2, 0) is 0 Å². The molecule has 2 rings (SSSR count). The number of nitrogens with zero attached hydrogens (tertiary/aromatic N) is 2. The Bertz CT molecular complexity index is 575. The Morgan fingerprint density at radius 1 is 1.15 bits per heavy atom. The van der Waals surface area contributed by atoms with Crippen molar-refractivity contribution in [1.82, 2.24) is 9.97 Å². The van der Waals surface area contributed by atoms with Crippen LogP contribution in [0.2, 0.25) is 0 Å². The number of aromatic nitrogens is 2. The van der Waals surface area contributed by atoms with E-state index >= 15 is 0 Å². The Morgan fingerprint density at radius 3 is 2.40 bits per heavy atom. The molecule has 2 aromatic rings. The molecule has 20 heavy (non-hydrogen) atoms. The highest BCUT2D eigenvalue weighted by atomic mass is 16.3. The predicted molar refractivity (Wildman–Crippen MR) is 80.8 cm³/mol. The molecule has 0 atom stereocenters. The maximum Gasteiger partial charge on any atom is 0.163 e. The molecule has 0 bridgehead atoms. The van der Waals surface area contributed by atoms with E-state index in [-0.39, 0.29) is 5.75 Å². The summed E-state index contributed by atoms with van der Waals surface area (Å²) >= 11 is 0. The summed E-state index contributed by atoms with van der Waals surface area (Å²) in [4.78, 5) is 8.96. The van der Waals surface area contributed by atoms with Gasteiger partial charge in [-0.15, -0.1) is 0 Å². The van der Waals surface area contributed by atoms with E-state index in [0.717, 1.165) is 30.0 Å². The fraction of sp³-hybridized carbons (Fsp3) is 0.333. The van der Waals surface area contributed by atoms with Gasteiger partial charge in [-0.1, -0.05) is 12.1 Å². The molecule has 1 heterocycles. The molecular formula is C15H20N4O. The van der Waals surface area contributed by atoms with Gasteiger partial charge in [0.2, 0.25) is 0 Å². The molecule has 1 aromatic heterocycles. The second-order valence-corrected chi connectivity index (χ2v) is 4.68. The van der Waals surface area contributed by atoms with Crippen molar-refractivity contribution >= 4 is 5.69 Å². The molecule has 0 saturated carbocycles. The highest BCUT2D eigenvalue weighted by Gasteiger charge is 2.11. The van der Waals surface area contributed by atoms with Gasteiger partial charge in [-0.05, 0) is 38.9 Å². The molecule has 106 valence electrons. The number of benzene rings is 1. The molecule has 0 aliphatic heterocycles. The third kappa shape index (κ3) is 3.05. The number of phenols is 1. The minimum absolute atomic E-state index is 0.190. The fourth-order valence-electron chi connectivity index (χ4n) is 2.07. The lowest BCUT2D eigenvalue weighted by Crippen LogP contribution is -2.11. The molecule has 5 nitrogen and oxygen atoms in total. The van der Waals surface area contributed by atoms with Gasteiger partial charge in [0.15, 0.2) is 5.82 Å². The second-order valence-electron chi connectivity index (χ2n) is 4.68. The second kappa shape index (κ2) is 6.34. The molecule has 0 aliphatic carbocycles. The van der Waals surface area contributed by atoms with E-state index in [1.807, 2.05) is 26.0 Å². The van der Waals surface area contributed by atoms with Gasteiger partial charge in [0.1, 0.15) is 5.75 Å². The molecule has 0 amide bonds. The van der Waals surface area contributed by atoms with Crippen LogP contribution in [-0.4, -0.2) is 28.2 Å². The van der Waals surface area contributed by atoms with Crippen LogP contribution in [0.15, 0.2) is 24.3 Å². The summed E-state index contributed by atoms with van der Waals surface area (Å²) < 4.78 is 0. The van der Waals surface area contributed by atoms with Gasteiger partial charge in [0.05, 0.1) is 22.6 Å². The van der Waals surface area contributed by atoms with Crippen LogP contribution in [0.4, 0.5) is 5.69 Å². The number of rotatable bonds is 5. The van der Waals surface area contributed by atoms with Gasteiger partial charge in [-0.2, -0.15) is 0 Å². The van der Waals surface area contributed by atoms with E-state index in [1.54, 1.807) is 12.1 Å². The number of hydrogen-bond acceptors (Lipinski definition) is 5. The largest absolute Gasteiger partial charge is 0.507 e. The third-order valence-electron chi connectivity index (χ3n) is 3.10. The lowest BCUT2D eigenvalue weighted by atomic mass is 10.1. The summed E-state index contributed by atoms with van der Waals surface area (Å²) in [5.41, 5.74) is 8.81. The average Bonchev–Trinajstić information content (AvgIpc) is 2.42. The zero-order chi connectivity index (χ0) is 14.5. The molecular weight excluding hydrogens is 252 g/mol. The van der Waals surface area contributed by atoms with Crippen LogP contribution in [0.5, 0.6) is 5.75 Å². The number of anilines is 1. The summed E-state index contributed by atoms with van der Waals surface area (Å²) in [6.45, 7) is 5.32. The van der Waals surface area contributed by atoms with Gasteiger partial charge in [0.25, 0.3) is 0 Å². The van der Waals surface area contributed by atoms with Crippen LogP contribution in [0.1, 0.15) is 17.8 Å². The number of para-hydroxylation sites is 1. The van der Waals surface area contributed by atoms with E-state index in [1.165, 1.54) is 0 Å². The molecule has 0 unspecified atom stereocenters. The first kappa shape index (κ1) is 14.3. The minimum Gasteiger partial charge on any atom is -0.507 e. The van der Waals surface area contributed by atoms with E-state index in [4.69, 9.17) is 5.73 Å². The van der Waals surface area contributed by atoms with Gasteiger partial charge in [0, 0.05) is 6.54 Å². The lowest BCUT2D eigenvalue weighted by Gasteiger charge is -2.13. The highest BCUT2D eigenvalue weighted by Crippen LogP contribution is 2.28. The van der Waals surface area contributed by atoms with Crippen LogP contribution < -0.4 is 11.1 Å². The quantitative estimate of drug-likeness (QED) is 0.727. The number of aromatic hydroxyl groups is 1. The third-order valence-corrected chi connectivity index (χ3v) is 3.10. The molecule has 0 spiro atoms. The minimum atomic E-state index is 0.190. The first-order valence-electron chi connectivity index (χ1n) is 6.71. The first-order chi connectivity index (χ1) is 9.63. The number of phenolic OH excluding ortho intramolecular Hbond substituents is 1. The summed E-state index contributed by atoms with van der Waals surface area (Å²) in [5, 5.41) is 13.2. The zero-order valence-electron chi connectivity index (χ0n) is 11.8.